The first-order valence-electron chi connectivity index (χ1n) is 7.30. The van der Waals surface area contributed by atoms with Gasteiger partial charge in [0, 0.05) is 10.9 Å². The molecule has 0 aromatic heterocycles. The van der Waals surface area contributed by atoms with Gasteiger partial charge in [0.15, 0.2) is 9.84 Å². The summed E-state index contributed by atoms with van der Waals surface area (Å²) in [5.41, 5.74) is -0.00737. The SMILES string of the molecule is Cc1ccc(S(=O)(=O)[C@H]2[C@@H](c3ccc(Cl)cc3)[C@@]2(C#N)C=O)cc1. The summed E-state index contributed by atoms with van der Waals surface area (Å²) in [5, 5.41) is 8.91. The monoisotopic (exact) mass is 359 g/mol. The van der Waals surface area contributed by atoms with Crippen LogP contribution in [-0.2, 0) is 14.6 Å². The van der Waals surface area contributed by atoms with Gasteiger partial charge in [0.05, 0.1) is 11.0 Å². The third kappa shape index (κ3) is 2.43. The quantitative estimate of drug-likeness (QED) is 0.785. The van der Waals surface area contributed by atoms with E-state index in [0.29, 0.717) is 16.9 Å². The Morgan fingerprint density at radius 1 is 1.12 bits per heavy atom. The molecule has 0 amide bonds. The van der Waals surface area contributed by atoms with Crippen molar-refractivity contribution >= 4 is 27.7 Å². The number of carbonyl (C=O) groups is 1. The molecule has 0 saturated heterocycles. The molecule has 3 rings (SSSR count). The van der Waals surface area contributed by atoms with Crippen molar-refractivity contribution in [2.45, 2.75) is 23.0 Å². The van der Waals surface area contributed by atoms with E-state index < -0.39 is 26.4 Å². The highest BCUT2D eigenvalue weighted by molar-refractivity contribution is 7.92. The number of aldehydes is 1. The first-order chi connectivity index (χ1) is 11.4. The molecule has 4 nitrogen and oxygen atoms in total. The van der Waals surface area contributed by atoms with E-state index in [2.05, 4.69) is 0 Å². The minimum Gasteiger partial charge on any atom is -0.302 e. The number of sulfone groups is 1. The summed E-state index contributed by atoms with van der Waals surface area (Å²) in [6.45, 7) is 1.86. The maximum Gasteiger partial charge on any atom is 0.183 e. The Balaban J connectivity index is 2.08. The molecule has 0 aliphatic heterocycles. The standard InChI is InChI=1S/C18H14ClNO3S/c1-12-2-8-15(9-3-12)24(22,23)17-16(18(17,10-20)11-21)13-4-6-14(19)7-5-13/h2-9,11,16-17H,1H3/t16-,17+,18-/m1/s1. The fourth-order valence-electron chi connectivity index (χ4n) is 3.11. The van der Waals surface area contributed by atoms with Gasteiger partial charge in [-0.05, 0) is 36.8 Å². The maximum atomic E-state index is 13.0. The van der Waals surface area contributed by atoms with Gasteiger partial charge in [-0.15, -0.1) is 0 Å². The molecule has 0 heterocycles. The third-order valence-corrected chi connectivity index (χ3v) is 6.99. The maximum absolute atomic E-state index is 13.0. The van der Waals surface area contributed by atoms with Crippen LogP contribution in [0, 0.1) is 23.7 Å². The molecule has 122 valence electrons. The van der Waals surface area contributed by atoms with E-state index in [-0.39, 0.29) is 4.90 Å². The molecule has 0 N–H and O–H groups in total. The van der Waals surface area contributed by atoms with Crippen LogP contribution in [0.5, 0.6) is 0 Å². The minimum atomic E-state index is -3.81. The van der Waals surface area contributed by atoms with Crippen molar-refractivity contribution in [3.05, 3.63) is 64.7 Å². The van der Waals surface area contributed by atoms with Crippen LogP contribution in [0.15, 0.2) is 53.4 Å². The fraction of sp³-hybridized carbons (Fsp3) is 0.222. The molecular weight excluding hydrogens is 346 g/mol. The summed E-state index contributed by atoms with van der Waals surface area (Å²) in [6, 6.07) is 14.9. The van der Waals surface area contributed by atoms with Crippen LogP contribution in [0.25, 0.3) is 0 Å². The molecule has 6 heteroatoms. The second-order valence-corrected chi connectivity index (χ2v) is 8.48. The van der Waals surface area contributed by atoms with Gasteiger partial charge in [-0.1, -0.05) is 41.4 Å². The summed E-state index contributed by atoms with van der Waals surface area (Å²) >= 11 is 5.86. The van der Waals surface area contributed by atoms with Crippen LogP contribution in [0.3, 0.4) is 0 Å². The summed E-state index contributed by atoms with van der Waals surface area (Å²) < 4.78 is 25.9. The molecular formula is C18H14ClNO3S. The summed E-state index contributed by atoms with van der Waals surface area (Å²) in [7, 11) is -3.81. The van der Waals surface area contributed by atoms with Gasteiger partial charge < -0.3 is 4.79 Å². The number of benzene rings is 2. The van der Waals surface area contributed by atoms with Gasteiger partial charge in [-0.3, -0.25) is 0 Å². The number of nitriles is 1. The van der Waals surface area contributed by atoms with Crippen LogP contribution < -0.4 is 0 Å². The van der Waals surface area contributed by atoms with Gasteiger partial charge in [-0.25, -0.2) is 8.42 Å². The van der Waals surface area contributed by atoms with Gasteiger partial charge in [0.25, 0.3) is 0 Å². The Bertz CT molecular complexity index is 930. The van der Waals surface area contributed by atoms with Crippen LogP contribution in [-0.4, -0.2) is 20.0 Å². The largest absolute Gasteiger partial charge is 0.302 e. The third-order valence-electron chi connectivity index (χ3n) is 4.48. The Kier molecular flexibility index (Phi) is 3.98. The number of carbonyl (C=O) groups excluding carboxylic acids is 1. The molecule has 1 aliphatic rings. The Morgan fingerprint density at radius 3 is 2.21 bits per heavy atom. The smallest absolute Gasteiger partial charge is 0.183 e. The number of hydrogen-bond acceptors (Lipinski definition) is 4. The Hall–Kier alpha value is -2.16. The molecule has 2 aromatic rings. The lowest BCUT2D eigenvalue weighted by atomic mass is 10.0. The average Bonchev–Trinajstić information content (AvgIpc) is 3.26. The molecule has 0 radical (unpaired) electrons. The number of aryl methyl sites for hydroxylation is 1. The van der Waals surface area contributed by atoms with Crippen LogP contribution >= 0.6 is 11.6 Å². The zero-order chi connectivity index (χ0) is 17.5. The van der Waals surface area contributed by atoms with Crippen molar-refractivity contribution in [2.75, 3.05) is 0 Å². The zero-order valence-electron chi connectivity index (χ0n) is 12.8. The Morgan fingerprint density at radius 2 is 1.71 bits per heavy atom. The zero-order valence-corrected chi connectivity index (χ0v) is 14.4. The predicted molar refractivity (Wildman–Crippen MR) is 90.5 cm³/mol. The molecule has 0 spiro atoms. The summed E-state index contributed by atoms with van der Waals surface area (Å²) in [4.78, 5) is 11.7. The highest BCUT2D eigenvalue weighted by atomic mass is 35.5. The molecule has 2 aromatic carbocycles. The molecule has 1 saturated carbocycles. The second kappa shape index (κ2) is 5.73. The average molecular weight is 360 g/mol. The van der Waals surface area contributed by atoms with E-state index in [1.807, 2.05) is 13.0 Å². The lowest BCUT2D eigenvalue weighted by Gasteiger charge is -2.05. The molecule has 1 fully saturated rings. The molecule has 0 unspecified atom stereocenters. The molecule has 1 aliphatic carbocycles. The van der Waals surface area contributed by atoms with Crippen LogP contribution in [0.1, 0.15) is 17.0 Å². The first kappa shape index (κ1) is 16.7. The minimum absolute atomic E-state index is 0.121. The molecule has 3 atom stereocenters. The Labute approximate surface area is 145 Å². The van der Waals surface area contributed by atoms with Gasteiger partial charge >= 0.3 is 0 Å². The van der Waals surface area contributed by atoms with E-state index >= 15 is 0 Å². The molecule has 0 bridgehead atoms. The predicted octanol–water partition coefficient (Wildman–Crippen LogP) is 3.30. The van der Waals surface area contributed by atoms with E-state index in [1.54, 1.807) is 36.4 Å². The highest BCUT2D eigenvalue weighted by Gasteiger charge is 2.72. The fourth-order valence-corrected chi connectivity index (χ4v) is 5.47. The first-order valence-corrected chi connectivity index (χ1v) is 9.23. The van der Waals surface area contributed by atoms with Crippen molar-refractivity contribution in [3.8, 4) is 6.07 Å². The number of hydrogen-bond donors (Lipinski definition) is 0. The number of nitrogens with zero attached hydrogens (tertiary/aromatic N) is 1. The normalized spacial score (nSPS) is 25.7. The number of rotatable bonds is 4. The van der Waals surface area contributed by atoms with Gasteiger partial charge in [-0.2, -0.15) is 5.26 Å². The lowest BCUT2D eigenvalue weighted by Crippen LogP contribution is -2.16. The van der Waals surface area contributed by atoms with Gasteiger partial charge in [0.1, 0.15) is 17.0 Å². The van der Waals surface area contributed by atoms with E-state index in [1.165, 1.54) is 12.1 Å². The van der Waals surface area contributed by atoms with Gasteiger partial charge in [0.2, 0.25) is 0 Å². The van der Waals surface area contributed by atoms with Crippen LogP contribution in [0.4, 0.5) is 0 Å². The van der Waals surface area contributed by atoms with Crippen molar-refractivity contribution in [1.82, 2.24) is 0 Å². The highest BCUT2D eigenvalue weighted by Crippen LogP contribution is 2.62. The lowest BCUT2D eigenvalue weighted by molar-refractivity contribution is -0.110. The summed E-state index contributed by atoms with van der Waals surface area (Å²) in [5.74, 6) is -0.691. The second-order valence-electron chi connectivity index (χ2n) is 5.97. The van der Waals surface area contributed by atoms with Crippen molar-refractivity contribution in [2.24, 2.45) is 5.41 Å². The van der Waals surface area contributed by atoms with E-state index in [0.717, 1.165) is 5.56 Å². The van der Waals surface area contributed by atoms with E-state index in [9.17, 15) is 18.5 Å². The number of halogens is 1. The van der Waals surface area contributed by atoms with Crippen LogP contribution in [0.2, 0.25) is 5.02 Å². The van der Waals surface area contributed by atoms with E-state index in [4.69, 9.17) is 11.6 Å². The van der Waals surface area contributed by atoms with Crippen molar-refractivity contribution in [3.63, 3.8) is 0 Å². The topological polar surface area (TPSA) is 75.0 Å². The molecule has 24 heavy (non-hydrogen) atoms. The summed E-state index contributed by atoms with van der Waals surface area (Å²) in [6.07, 6.45) is 0.461. The van der Waals surface area contributed by atoms with Crippen molar-refractivity contribution in [1.29, 1.82) is 5.26 Å². The van der Waals surface area contributed by atoms with Crippen molar-refractivity contribution < 1.29 is 13.2 Å².